The van der Waals surface area contributed by atoms with Crippen molar-refractivity contribution in [3.63, 3.8) is 0 Å². The molecule has 1 atom stereocenters. The number of nitrogens with zero attached hydrogens (tertiary/aromatic N) is 3. The smallest absolute Gasteiger partial charge is 0.168 e. The molecule has 0 spiro atoms. The second-order valence-electron chi connectivity index (χ2n) is 7.54. The summed E-state index contributed by atoms with van der Waals surface area (Å²) >= 11 is 3.46. The number of hydrogen-bond donors (Lipinski definition) is 3. The number of allylic oxidation sites excluding steroid dienone is 2. The summed E-state index contributed by atoms with van der Waals surface area (Å²) in [5.41, 5.74) is 1.12. The Balaban J connectivity index is 1.53. The number of hydrogen-bond acceptors (Lipinski definition) is 7. The number of phenols is 1. The van der Waals surface area contributed by atoms with Crippen LogP contribution in [0.25, 0.3) is 0 Å². The lowest BCUT2D eigenvalue weighted by Gasteiger charge is -2.33. The largest absolute Gasteiger partial charge is 0.511 e. The van der Waals surface area contributed by atoms with Gasteiger partial charge in [0, 0.05) is 62.8 Å². The first-order chi connectivity index (χ1) is 14.0. The van der Waals surface area contributed by atoms with Gasteiger partial charge in [0.2, 0.25) is 0 Å². The summed E-state index contributed by atoms with van der Waals surface area (Å²) in [4.78, 5) is 21.5. The molecule has 1 heterocycles. The van der Waals surface area contributed by atoms with Crippen molar-refractivity contribution in [1.29, 1.82) is 0 Å². The highest BCUT2D eigenvalue weighted by Gasteiger charge is 2.29. The Morgan fingerprint density at radius 3 is 2.45 bits per heavy atom. The van der Waals surface area contributed by atoms with Crippen LogP contribution in [0.3, 0.4) is 0 Å². The van der Waals surface area contributed by atoms with Crippen LogP contribution in [-0.2, 0) is 4.79 Å². The van der Waals surface area contributed by atoms with Gasteiger partial charge in [0.1, 0.15) is 11.5 Å². The van der Waals surface area contributed by atoms with E-state index in [4.69, 9.17) is 5.11 Å². The van der Waals surface area contributed by atoms with E-state index in [-0.39, 0.29) is 36.2 Å². The van der Waals surface area contributed by atoms with Crippen molar-refractivity contribution in [1.82, 2.24) is 9.80 Å². The van der Waals surface area contributed by atoms with Crippen LogP contribution < -0.4 is 0 Å². The third-order valence-electron chi connectivity index (χ3n) is 5.55. The van der Waals surface area contributed by atoms with E-state index in [1.807, 2.05) is 0 Å². The molecule has 3 N–H and O–H groups in total. The zero-order valence-electron chi connectivity index (χ0n) is 16.4. The van der Waals surface area contributed by atoms with Gasteiger partial charge in [0.25, 0.3) is 0 Å². The fraction of sp³-hybridized carbons (Fsp3) is 0.524. The third kappa shape index (κ3) is 5.88. The number of halogens is 1. The number of aliphatic hydroxyl groups excluding tert-OH is 2. The lowest BCUT2D eigenvalue weighted by atomic mass is 9.83. The number of piperazine rings is 1. The minimum Gasteiger partial charge on any atom is -0.511 e. The highest BCUT2D eigenvalue weighted by molar-refractivity contribution is 9.10. The first-order valence-electron chi connectivity index (χ1n) is 9.97. The van der Waals surface area contributed by atoms with Gasteiger partial charge >= 0.3 is 0 Å². The second-order valence-corrected chi connectivity index (χ2v) is 8.39. The maximum absolute atomic E-state index is 12.6. The van der Waals surface area contributed by atoms with Gasteiger partial charge in [0.05, 0.1) is 18.7 Å². The molecule has 0 bridgehead atoms. The van der Waals surface area contributed by atoms with E-state index in [0.29, 0.717) is 18.5 Å². The minimum atomic E-state index is -0.170. The van der Waals surface area contributed by atoms with Crippen LogP contribution in [0.1, 0.15) is 24.3 Å². The number of aliphatic hydroxyl groups is 2. The van der Waals surface area contributed by atoms with Crippen LogP contribution in [0, 0.1) is 0 Å². The monoisotopic (exact) mass is 465 g/mol. The molecule has 1 aromatic rings. The van der Waals surface area contributed by atoms with Crippen molar-refractivity contribution in [2.45, 2.75) is 18.8 Å². The topological polar surface area (TPSA) is 96.6 Å². The molecule has 1 aromatic carbocycles. The molecule has 0 radical (unpaired) electrons. The minimum absolute atomic E-state index is 0.0582. The van der Waals surface area contributed by atoms with E-state index in [2.05, 4.69) is 30.7 Å². The zero-order chi connectivity index (χ0) is 20.8. The van der Waals surface area contributed by atoms with Crippen LogP contribution in [0.15, 0.2) is 39.0 Å². The van der Waals surface area contributed by atoms with E-state index in [0.717, 1.165) is 49.3 Å². The SMILES string of the molecule is O=C1CC(c2cc(O)ccc2Br)CC(O)=C1C=NCCN1CCN(CCO)CC1. The molecule has 7 nitrogen and oxygen atoms in total. The number of rotatable bonds is 7. The van der Waals surface area contributed by atoms with E-state index in [1.165, 1.54) is 6.21 Å². The van der Waals surface area contributed by atoms with E-state index < -0.39 is 0 Å². The second kappa shape index (κ2) is 10.3. The average Bonchev–Trinajstić information content (AvgIpc) is 2.70. The Kier molecular flexibility index (Phi) is 7.83. The molecule has 29 heavy (non-hydrogen) atoms. The van der Waals surface area contributed by atoms with Crippen molar-refractivity contribution >= 4 is 27.9 Å². The Morgan fingerprint density at radius 1 is 1.10 bits per heavy atom. The number of ketones is 1. The van der Waals surface area contributed by atoms with Gasteiger partial charge in [-0.1, -0.05) is 15.9 Å². The number of Topliss-reactive ketones (excluding diaryl/α,β-unsaturated/α-hetero) is 1. The summed E-state index contributed by atoms with van der Waals surface area (Å²) in [6, 6.07) is 4.96. The first kappa shape index (κ1) is 22.0. The normalized spacial score (nSPS) is 22.0. The maximum atomic E-state index is 12.6. The molecule has 0 aromatic heterocycles. The highest BCUT2D eigenvalue weighted by Crippen LogP contribution is 2.38. The van der Waals surface area contributed by atoms with E-state index in [9.17, 15) is 15.0 Å². The molecule has 0 amide bonds. The quantitative estimate of drug-likeness (QED) is 0.533. The molecular formula is C21H28BrN3O4. The Morgan fingerprint density at radius 2 is 1.79 bits per heavy atom. The molecule has 1 unspecified atom stereocenters. The van der Waals surface area contributed by atoms with Gasteiger partial charge in [0.15, 0.2) is 5.78 Å². The summed E-state index contributed by atoms with van der Waals surface area (Å²) in [6.45, 7) is 6.09. The zero-order valence-corrected chi connectivity index (χ0v) is 18.0. The fourth-order valence-corrected chi connectivity index (χ4v) is 4.42. The van der Waals surface area contributed by atoms with E-state index >= 15 is 0 Å². The summed E-state index contributed by atoms with van der Waals surface area (Å²) in [7, 11) is 0. The average molecular weight is 466 g/mol. The summed E-state index contributed by atoms with van der Waals surface area (Å²) in [5.74, 6) is -0.0989. The lowest BCUT2D eigenvalue weighted by molar-refractivity contribution is -0.116. The summed E-state index contributed by atoms with van der Waals surface area (Å²) < 4.78 is 0.817. The van der Waals surface area contributed by atoms with Crippen molar-refractivity contribution in [3.05, 3.63) is 39.6 Å². The Labute approximate surface area is 179 Å². The number of aliphatic imine (C=N–C) groups is 1. The predicted molar refractivity (Wildman–Crippen MR) is 116 cm³/mol. The Bertz CT molecular complexity index is 788. The number of aromatic hydroxyl groups is 1. The standard InChI is InChI=1S/C21H28BrN3O4/c22-19-2-1-16(27)13-17(19)15-11-20(28)18(21(29)12-15)14-23-3-4-24-5-7-25(8-6-24)9-10-26/h1-2,13-15,26-28H,3-12H2. The van der Waals surface area contributed by atoms with Crippen molar-refractivity contribution in [2.24, 2.45) is 4.99 Å². The maximum Gasteiger partial charge on any atom is 0.168 e. The van der Waals surface area contributed by atoms with Gasteiger partial charge in [-0.25, -0.2) is 0 Å². The van der Waals surface area contributed by atoms with Crippen molar-refractivity contribution in [3.8, 4) is 5.75 Å². The van der Waals surface area contributed by atoms with Gasteiger partial charge < -0.3 is 15.3 Å². The Hall–Kier alpha value is -1.74. The van der Waals surface area contributed by atoms with Crippen molar-refractivity contribution < 1.29 is 20.1 Å². The molecule has 8 heteroatoms. The molecule has 158 valence electrons. The molecule has 1 saturated heterocycles. The third-order valence-corrected chi connectivity index (χ3v) is 6.27. The fourth-order valence-electron chi connectivity index (χ4n) is 3.85. The molecule has 3 rings (SSSR count). The van der Waals surface area contributed by atoms with Gasteiger partial charge in [-0.2, -0.15) is 0 Å². The first-order valence-corrected chi connectivity index (χ1v) is 10.8. The molecule has 1 fully saturated rings. The van der Waals surface area contributed by atoms with E-state index in [1.54, 1.807) is 18.2 Å². The summed E-state index contributed by atoms with van der Waals surface area (Å²) in [6.07, 6.45) is 2.13. The van der Waals surface area contributed by atoms with Crippen LogP contribution >= 0.6 is 15.9 Å². The van der Waals surface area contributed by atoms with Crippen LogP contribution in [0.4, 0.5) is 0 Å². The molecular weight excluding hydrogens is 438 g/mol. The number of phenolic OH excluding ortho intramolecular Hbond substituents is 1. The lowest BCUT2D eigenvalue weighted by Crippen LogP contribution is -2.47. The number of benzene rings is 1. The molecule has 1 aliphatic carbocycles. The van der Waals surface area contributed by atoms with Gasteiger partial charge in [-0.15, -0.1) is 0 Å². The molecule has 0 saturated carbocycles. The highest BCUT2D eigenvalue weighted by atomic mass is 79.9. The van der Waals surface area contributed by atoms with Crippen LogP contribution in [0.5, 0.6) is 5.75 Å². The van der Waals surface area contributed by atoms with Crippen molar-refractivity contribution in [2.75, 3.05) is 52.4 Å². The van der Waals surface area contributed by atoms with Gasteiger partial charge in [-0.05, 0) is 29.7 Å². The summed E-state index contributed by atoms with van der Waals surface area (Å²) in [5, 5.41) is 29.1. The molecule has 1 aliphatic heterocycles. The predicted octanol–water partition coefficient (Wildman–Crippen LogP) is 2.09. The molecule has 2 aliphatic rings. The van der Waals surface area contributed by atoms with Crippen LogP contribution in [-0.4, -0.2) is 89.5 Å². The van der Waals surface area contributed by atoms with Gasteiger partial charge in [-0.3, -0.25) is 19.6 Å². The van der Waals surface area contributed by atoms with Crippen LogP contribution in [0.2, 0.25) is 0 Å². The number of β-amino-alcohol motifs (C(OH)–C–C–N with tert-alkyl or cyclic N) is 1. The number of carbonyl (C=O) groups is 1. The number of carbonyl (C=O) groups excluding carboxylic acids is 1.